The van der Waals surface area contributed by atoms with Crippen molar-refractivity contribution in [1.29, 1.82) is 0 Å². The van der Waals surface area contributed by atoms with Crippen molar-refractivity contribution in [3.63, 3.8) is 0 Å². The monoisotopic (exact) mass is 246 g/mol. The molecule has 2 N–H and O–H groups in total. The van der Waals surface area contributed by atoms with Crippen molar-refractivity contribution in [1.82, 2.24) is 0 Å². The van der Waals surface area contributed by atoms with Gasteiger partial charge in [0.25, 0.3) is 0 Å². The molecule has 17 heavy (non-hydrogen) atoms. The maximum absolute atomic E-state index is 13.4. The molecule has 0 aromatic heterocycles. The molecule has 0 bridgehead atoms. The summed E-state index contributed by atoms with van der Waals surface area (Å²) in [6, 6.07) is 2.60. The van der Waals surface area contributed by atoms with Crippen LogP contribution in [0.4, 0.5) is 8.78 Å². The largest absolute Gasteiger partial charge is 0.508 e. The number of alkyl halides is 1. The summed E-state index contributed by atoms with van der Waals surface area (Å²) in [7, 11) is 0. The number of phenolic OH excluding ortho intramolecular Hbond substituents is 1. The highest BCUT2D eigenvalue weighted by atomic mass is 19.1. The lowest BCUT2D eigenvalue weighted by Gasteiger charge is -2.15. The molecule has 0 fully saturated rings. The van der Waals surface area contributed by atoms with Crippen molar-refractivity contribution in [2.75, 3.05) is 6.61 Å². The predicted molar refractivity (Wildman–Crippen MR) is 54.6 cm³/mol. The third-order valence-corrected chi connectivity index (χ3v) is 2.04. The lowest BCUT2D eigenvalue weighted by molar-refractivity contribution is -0.153. The first-order valence-corrected chi connectivity index (χ1v) is 4.94. The molecule has 6 heteroatoms. The fraction of sp³-hybridized carbons (Fsp3) is 0.364. The number of carbonyl (C=O) groups is 1. The fourth-order valence-corrected chi connectivity index (χ4v) is 1.29. The molecule has 0 aliphatic rings. The van der Waals surface area contributed by atoms with Gasteiger partial charge in [0, 0.05) is 6.07 Å². The van der Waals surface area contributed by atoms with Gasteiger partial charge in [0.2, 0.25) is 6.17 Å². The minimum Gasteiger partial charge on any atom is -0.508 e. The Morgan fingerprint density at radius 1 is 1.47 bits per heavy atom. The number of aromatic hydroxyl groups is 1. The van der Waals surface area contributed by atoms with Crippen LogP contribution in [-0.2, 0) is 9.53 Å². The summed E-state index contributed by atoms with van der Waals surface area (Å²) in [6.07, 6.45) is -4.20. The summed E-state index contributed by atoms with van der Waals surface area (Å²) in [5.74, 6) is -2.53. The Labute approximate surface area is 96.5 Å². The number of benzene rings is 1. The minimum absolute atomic E-state index is 0.0274. The predicted octanol–water partition coefficient (Wildman–Crippen LogP) is 1.47. The molecule has 0 heterocycles. The van der Waals surface area contributed by atoms with Gasteiger partial charge in [-0.3, -0.25) is 0 Å². The van der Waals surface area contributed by atoms with Gasteiger partial charge in [0.15, 0.2) is 0 Å². The maximum Gasteiger partial charge on any atom is 0.343 e. The van der Waals surface area contributed by atoms with Gasteiger partial charge < -0.3 is 14.9 Å². The van der Waals surface area contributed by atoms with E-state index in [1.807, 2.05) is 0 Å². The van der Waals surface area contributed by atoms with Crippen molar-refractivity contribution >= 4 is 5.97 Å². The third-order valence-electron chi connectivity index (χ3n) is 2.04. The minimum atomic E-state index is -2.32. The van der Waals surface area contributed by atoms with Crippen LogP contribution < -0.4 is 0 Å². The summed E-state index contributed by atoms with van der Waals surface area (Å²) in [5.41, 5.74) is -0.233. The summed E-state index contributed by atoms with van der Waals surface area (Å²) in [5, 5.41) is 18.6. The van der Waals surface area contributed by atoms with E-state index in [1.54, 1.807) is 0 Å². The van der Waals surface area contributed by atoms with Gasteiger partial charge in [-0.05, 0) is 24.6 Å². The van der Waals surface area contributed by atoms with Crippen LogP contribution in [0.25, 0.3) is 0 Å². The molecular weight excluding hydrogens is 234 g/mol. The Balaban J connectivity index is 2.87. The van der Waals surface area contributed by atoms with Gasteiger partial charge in [-0.25, -0.2) is 13.6 Å². The van der Waals surface area contributed by atoms with Crippen LogP contribution in [-0.4, -0.2) is 29.0 Å². The second kappa shape index (κ2) is 5.58. The van der Waals surface area contributed by atoms with E-state index in [0.29, 0.717) is 0 Å². The molecule has 0 amide bonds. The molecule has 1 aromatic rings. The zero-order chi connectivity index (χ0) is 13.0. The molecule has 2 unspecified atom stereocenters. The van der Waals surface area contributed by atoms with Gasteiger partial charge in [0.05, 0.1) is 6.61 Å². The molecule has 1 aromatic carbocycles. The Kier molecular flexibility index (Phi) is 4.39. The van der Waals surface area contributed by atoms with Crippen molar-refractivity contribution in [2.24, 2.45) is 0 Å². The number of aliphatic hydroxyl groups excluding tert-OH is 1. The molecule has 0 aliphatic heterocycles. The Bertz CT molecular complexity index is 388. The number of hydrogen-bond donors (Lipinski definition) is 2. The zero-order valence-corrected chi connectivity index (χ0v) is 9.06. The lowest BCUT2D eigenvalue weighted by Crippen LogP contribution is -2.26. The summed E-state index contributed by atoms with van der Waals surface area (Å²) in [6.45, 7) is 1.46. The van der Waals surface area contributed by atoms with E-state index in [1.165, 1.54) is 6.92 Å². The van der Waals surface area contributed by atoms with Gasteiger partial charge in [-0.1, -0.05) is 0 Å². The average Bonchev–Trinajstić information content (AvgIpc) is 2.26. The van der Waals surface area contributed by atoms with Crippen molar-refractivity contribution in [3.8, 4) is 5.75 Å². The molecule has 4 nitrogen and oxygen atoms in total. The number of halogens is 2. The molecular formula is C11H12F2O4. The summed E-state index contributed by atoms with van der Waals surface area (Å²) in [4.78, 5) is 11.0. The average molecular weight is 246 g/mol. The zero-order valence-electron chi connectivity index (χ0n) is 9.06. The standard InChI is InChI=1S/C11H12F2O4/c1-2-17-11(16)9(13)10(15)6-3-7(12)5-8(14)4-6/h3-5,9-10,14-15H,2H2,1H3. The molecule has 1 rings (SSSR count). The van der Waals surface area contributed by atoms with E-state index in [4.69, 9.17) is 5.11 Å². The van der Waals surface area contributed by atoms with Crippen LogP contribution in [0.5, 0.6) is 5.75 Å². The number of phenols is 1. The highest BCUT2D eigenvalue weighted by Crippen LogP contribution is 2.24. The van der Waals surface area contributed by atoms with E-state index in [2.05, 4.69) is 4.74 Å². The molecule has 0 spiro atoms. The van der Waals surface area contributed by atoms with Crippen molar-refractivity contribution < 1.29 is 28.5 Å². The topological polar surface area (TPSA) is 66.8 Å². The van der Waals surface area contributed by atoms with Crippen LogP contribution >= 0.6 is 0 Å². The molecule has 0 radical (unpaired) electrons. The van der Waals surface area contributed by atoms with Crippen LogP contribution in [0.3, 0.4) is 0 Å². The SMILES string of the molecule is CCOC(=O)C(F)C(O)c1cc(O)cc(F)c1. The number of rotatable bonds is 4. The number of hydrogen-bond acceptors (Lipinski definition) is 4. The smallest absolute Gasteiger partial charge is 0.343 e. The Hall–Kier alpha value is -1.69. The number of esters is 1. The second-order valence-corrected chi connectivity index (χ2v) is 3.34. The third kappa shape index (κ3) is 3.39. The van der Waals surface area contributed by atoms with Crippen LogP contribution in [0.1, 0.15) is 18.6 Å². The van der Waals surface area contributed by atoms with Gasteiger partial charge in [0.1, 0.15) is 17.7 Å². The van der Waals surface area contributed by atoms with Crippen LogP contribution in [0, 0.1) is 5.82 Å². The Morgan fingerprint density at radius 2 is 2.12 bits per heavy atom. The van der Waals surface area contributed by atoms with Crippen molar-refractivity contribution in [2.45, 2.75) is 19.2 Å². The highest BCUT2D eigenvalue weighted by molar-refractivity contribution is 5.75. The van der Waals surface area contributed by atoms with Crippen LogP contribution in [0.15, 0.2) is 18.2 Å². The fourth-order valence-electron chi connectivity index (χ4n) is 1.29. The molecule has 0 aliphatic carbocycles. The molecule has 0 saturated heterocycles. The highest BCUT2D eigenvalue weighted by Gasteiger charge is 2.29. The first kappa shape index (κ1) is 13.4. The quantitative estimate of drug-likeness (QED) is 0.789. The lowest BCUT2D eigenvalue weighted by atomic mass is 10.0. The number of ether oxygens (including phenoxy) is 1. The first-order valence-electron chi connectivity index (χ1n) is 4.94. The first-order chi connectivity index (χ1) is 7.95. The van der Waals surface area contributed by atoms with E-state index >= 15 is 0 Å². The normalized spacial score (nSPS) is 14.1. The molecule has 94 valence electrons. The van der Waals surface area contributed by atoms with E-state index in [-0.39, 0.29) is 12.2 Å². The van der Waals surface area contributed by atoms with Gasteiger partial charge >= 0.3 is 5.97 Å². The summed E-state index contributed by atoms with van der Waals surface area (Å²) < 4.78 is 30.7. The van der Waals surface area contributed by atoms with Crippen molar-refractivity contribution in [3.05, 3.63) is 29.6 Å². The second-order valence-electron chi connectivity index (χ2n) is 3.34. The van der Waals surface area contributed by atoms with Gasteiger partial charge in [-0.15, -0.1) is 0 Å². The molecule has 2 atom stereocenters. The van der Waals surface area contributed by atoms with E-state index in [0.717, 1.165) is 18.2 Å². The van der Waals surface area contributed by atoms with E-state index < -0.39 is 29.8 Å². The van der Waals surface area contributed by atoms with E-state index in [9.17, 15) is 18.7 Å². The van der Waals surface area contributed by atoms with Crippen LogP contribution in [0.2, 0.25) is 0 Å². The maximum atomic E-state index is 13.4. The number of carbonyl (C=O) groups excluding carboxylic acids is 1. The van der Waals surface area contributed by atoms with Gasteiger partial charge in [-0.2, -0.15) is 0 Å². The Morgan fingerprint density at radius 3 is 2.65 bits per heavy atom. The number of aliphatic hydroxyl groups is 1. The molecule has 0 saturated carbocycles. The summed E-state index contributed by atoms with van der Waals surface area (Å²) >= 11 is 0.